The summed E-state index contributed by atoms with van der Waals surface area (Å²) < 4.78 is 5.24. The van der Waals surface area contributed by atoms with E-state index in [1.165, 1.54) is 5.69 Å². The second-order valence-corrected chi connectivity index (χ2v) is 7.24. The molecule has 128 valence electrons. The molecule has 1 aliphatic heterocycles. The second kappa shape index (κ2) is 7.57. The number of ether oxygens (including phenoxy) is 1. The first kappa shape index (κ1) is 17.4. The number of nitrogen functional groups attached to an aromatic ring is 1. The molecule has 0 aliphatic carbocycles. The molecule has 0 radical (unpaired) electrons. The van der Waals surface area contributed by atoms with Gasteiger partial charge in [0.1, 0.15) is 5.60 Å². The summed E-state index contributed by atoms with van der Waals surface area (Å²) in [5.41, 5.74) is 7.34. The molecule has 1 saturated heterocycles. The number of hydrogen-bond acceptors (Lipinski definition) is 4. The normalized spacial score (nSPS) is 16.2. The molecule has 1 amide bonds. The van der Waals surface area contributed by atoms with E-state index in [2.05, 4.69) is 22.3 Å². The van der Waals surface area contributed by atoms with E-state index in [0.717, 1.165) is 38.0 Å². The Labute approximate surface area is 139 Å². The summed E-state index contributed by atoms with van der Waals surface area (Å²) in [5, 5.41) is 2.85. The van der Waals surface area contributed by atoms with Gasteiger partial charge in [-0.3, -0.25) is 0 Å². The van der Waals surface area contributed by atoms with Gasteiger partial charge < -0.3 is 20.7 Å². The van der Waals surface area contributed by atoms with Crippen LogP contribution in [0.1, 0.15) is 40.0 Å². The standard InChI is InChI=1S/C18H29N3O2/c1-18(2,3)23-17(22)20-11-8-14-9-12-21(13-10-14)16-6-4-15(19)5-7-16/h4-7,14H,8-13,19H2,1-3H3,(H,20,22). The van der Waals surface area contributed by atoms with Crippen LogP contribution in [0.4, 0.5) is 16.2 Å². The summed E-state index contributed by atoms with van der Waals surface area (Å²) in [4.78, 5) is 14.0. The fourth-order valence-electron chi connectivity index (χ4n) is 2.86. The highest BCUT2D eigenvalue weighted by molar-refractivity contribution is 5.67. The van der Waals surface area contributed by atoms with Crippen molar-refractivity contribution >= 4 is 17.5 Å². The van der Waals surface area contributed by atoms with Gasteiger partial charge in [-0.25, -0.2) is 4.79 Å². The van der Waals surface area contributed by atoms with Crippen LogP contribution >= 0.6 is 0 Å². The molecule has 1 heterocycles. The molecule has 1 aromatic carbocycles. The maximum absolute atomic E-state index is 11.6. The van der Waals surface area contributed by atoms with Gasteiger partial charge in [0.15, 0.2) is 0 Å². The first-order chi connectivity index (χ1) is 10.8. The number of nitrogens with two attached hydrogens (primary N) is 1. The molecule has 0 bridgehead atoms. The molecule has 23 heavy (non-hydrogen) atoms. The zero-order valence-corrected chi connectivity index (χ0v) is 14.5. The van der Waals surface area contributed by atoms with Crippen LogP contribution in [0, 0.1) is 5.92 Å². The van der Waals surface area contributed by atoms with E-state index >= 15 is 0 Å². The van der Waals surface area contributed by atoms with E-state index in [-0.39, 0.29) is 6.09 Å². The Balaban J connectivity index is 1.67. The fraction of sp³-hybridized carbons (Fsp3) is 0.611. The topological polar surface area (TPSA) is 67.6 Å². The van der Waals surface area contributed by atoms with E-state index in [9.17, 15) is 4.79 Å². The quantitative estimate of drug-likeness (QED) is 0.835. The third-order valence-electron chi connectivity index (χ3n) is 4.09. The van der Waals surface area contributed by atoms with Gasteiger partial charge in [0.25, 0.3) is 0 Å². The van der Waals surface area contributed by atoms with Crippen LogP contribution in [-0.4, -0.2) is 31.3 Å². The molecule has 0 aromatic heterocycles. The third kappa shape index (κ3) is 6.00. The van der Waals surface area contributed by atoms with Crippen LogP contribution in [0.15, 0.2) is 24.3 Å². The maximum Gasteiger partial charge on any atom is 0.407 e. The van der Waals surface area contributed by atoms with Crippen LogP contribution in [-0.2, 0) is 4.74 Å². The minimum atomic E-state index is -0.436. The summed E-state index contributed by atoms with van der Waals surface area (Å²) in [5.74, 6) is 0.662. The molecule has 1 aliphatic rings. The average molecular weight is 319 g/mol. The highest BCUT2D eigenvalue weighted by Gasteiger charge is 2.20. The fourth-order valence-corrected chi connectivity index (χ4v) is 2.86. The van der Waals surface area contributed by atoms with Gasteiger partial charge in [0.2, 0.25) is 0 Å². The Morgan fingerprint density at radius 1 is 1.26 bits per heavy atom. The van der Waals surface area contributed by atoms with E-state index < -0.39 is 5.60 Å². The van der Waals surface area contributed by atoms with Crippen LogP contribution in [0.5, 0.6) is 0 Å². The molecule has 5 heteroatoms. The van der Waals surface area contributed by atoms with Crippen molar-refractivity contribution in [2.45, 2.75) is 45.6 Å². The predicted octanol–water partition coefficient (Wildman–Crippen LogP) is 3.40. The summed E-state index contributed by atoms with van der Waals surface area (Å²) in [7, 11) is 0. The van der Waals surface area contributed by atoms with Gasteiger partial charge >= 0.3 is 6.09 Å². The Kier molecular flexibility index (Phi) is 5.74. The van der Waals surface area contributed by atoms with Crippen molar-refractivity contribution in [1.29, 1.82) is 0 Å². The van der Waals surface area contributed by atoms with Gasteiger partial charge in [0, 0.05) is 31.0 Å². The highest BCUT2D eigenvalue weighted by atomic mass is 16.6. The van der Waals surface area contributed by atoms with E-state index in [4.69, 9.17) is 10.5 Å². The van der Waals surface area contributed by atoms with Crippen LogP contribution in [0.3, 0.4) is 0 Å². The van der Waals surface area contributed by atoms with Gasteiger partial charge in [-0.05, 0) is 70.2 Å². The highest BCUT2D eigenvalue weighted by Crippen LogP contribution is 2.25. The number of rotatable bonds is 4. The van der Waals surface area contributed by atoms with Crippen molar-refractivity contribution in [2.24, 2.45) is 5.92 Å². The van der Waals surface area contributed by atoms with Crippen molar-refractivity contribution in [3.8, 4) is 0 Å². The molecule has 0 unspecified atom stereocenters. The Hall–Kier alpha value is -1.91. The third-order valence-corrected chi connectivity index (χ3v) is 4.09. The van der Waals surface area contributed by atoms with E-state index in [0.29, 0.717) is 12.5 Å². The van der Waals surface area contributed by atoms with Gasteiger partial charge in [0.05, 0.1) is 0 Å². The monoisotopic (exact) mass is 319 g/mol. The number of amides is 1. The first-order valence-electron chi connectivity index (χ1n) is 8.41. The average Bonchev–Trinajstić information content (AvgIpc) is 2.47. The Bertz CT molecular complexity index is 500. The zero-order chi connectivity index (χ0) is 16.9. The number of benzene rings is 1. The predicted molar refractivity (Wildman–Crippen MR) is 94.6 cm³/mol. The van der Waals surface area contributed by atoms with Crippen LogP contribution in [0.25, 0.3) is 0 Å². The number of anilines is 2. The molecular weight excluding hydrogens is 290 g/mol. The first-order valence-corrected chi connectivity index (χ1v) is 8.41. The molecule has 0 atom stereocenters. The molecule has 0 saturated carbocycles. The number of hydrogen-bond donors (Lipinski definition) is 2. The number of carbonyl (C=O) groups is 1. The lowest BCUT2D eigenvalue weighted by molar-refractivity contribution is 0.0524. The summed E-state index contributed by atoms with van der Waals surface area (Å²) in [6.07, 6.45) is 2.99. The number of carbonyl (C=O) groups excluding carboxylic acids is 1. The summed E-state index contributed by atoms with van der Waals surface area (Å²) >= 11 is 0. The van der Waals surface area contributed by atoms with Gasteiger partial charge in [-0.2, -0.15) is 0 Å². The molecule has 1 fully saturated rings. The second-order valence-electron chi connectivity index (χ2n) is 7.24. The SMILES string of the molecule is CC(C)(C)OC(=O)NCCC1CCN(c2ccc(N)cc2)CC1. The van der Waals surface area contributed by atoms with Crippen molar-refractivity contribution in [2.75, 3.05) is 30.3 Å². The molecule has 5 nitrogen and oxygen atoms in total. The molecule has 1 aromatic rings. The van der Waals surface area contributed by atoms with Crippen molar-refractivity contribution < 1.29 is 9.53 Å². The molecule has 2 rings (SSSR count). The van der Waals surface area contributed by atoms with Crippen LogP contribution in [0.2, 0.25) is 0 Å². The number of piperidine rings is 1. The largest absolute Gasteiger partial charge is 0.444 e. The lowest BCUT2D eigenvalue weighted by Gasteiger charge is -2.33. The van der Waals surface area contributed by atoms with Crippen LogP contribution < -0.4 is 16.0 Å². The van der Waals surface area contributed by atoms with E-state index in [1.807, 2.05) is 32.9 Å². The van der Waals surface area contributed by atoms with Crippen molar-refractivity contribution in [3.05, 3.63) is 24.3 Å². The lowest BCUT2D eigenvalue weighted by Crippen LogP contribution is -2.36. The van der Waals surface area contributed by atoms with Crippen molar-refractivity contribution in [3.63, 3.8) is 0 Å². The lowest BCUT2D eigenvalue weighted by atomic mass is 9.93. The van der Waals surface area contributed by atoms with E-state index in [1.54, 1.807) is 0 Å². The minimum Gasteiger partial charge on any atom is -0.444 e. The Morgan fingerprint density at radius 3 is 2.43 bits per heavy atom. The van der Waals surface area contributed by atoms with Crippen molar-refractivity contribution in [1.82, 2.24) is 5.32 Å². The summed E-state index contributed by atoms with van der Waals surface area (Å²) in [6.45, 7) is 8.42. The molecule has 0 spiro atoms. The number of nitrogens with zero attached hydrogens (tertiary/aromatic N) is 1. The van der Waals surface area contributed by atoms with Gasteiger partial charge in [-0.15, -0.1) is 0 Å². The minimum absolute atomic E-state index is 0.322. The molecule has 3 N–H and O–H groups in total. The number of alkyl carbamates (subject to hydrolysis) is 1. The zero-order valence-electron chi connectivity index (χ0n) is 14.5. The Morgan fingerprint density at radius 2 is 1.87 bits per heavy atom. The van der Waals surface area contributed by atoms with Gasteiger partial charge in [-0.1, -0.05) is 0 Å². The summed E-state index contributed by atoms with van der Waals surface area (Å²) in [6, 6.07) is 8.07. The smallest absolute Gasteiger partial charge is 0.407 e. The number of nitrogens with one attached hydrogen (secondary N) is 1. The molecular formula is C18H29N3O2. The maximum atomic E-state index is 11.6.